The molecule has 0 amide bonds. The second-order valence-electron chi connectivity index (χ2n) is 3.99. The zero-order chi connectivity index (χ0) is 15.6. The lowest BCUT2D eigenvalue weighted by atomic mass is 10.3. The van der Waals surface area contributed by atoms with Crippen LogP contribution in [0.15, 0.2) is 47.4 Å². The molecular formula is C12H8ClFN2O4S. The number of hydrogen-bond donors (Lipinski definition) is 1. The fourth-order valence-electron chi connectivity index (χ4n) is 1.51. The van der Waals surface area contributed by atoms with Crippen molar-refractivity contribution in [1.29, 1.82) is 0 Å². The van der Waals surface area contributed by atoms with Crippen molar-refractivity contribution in [1.82, 2.24) is 0 Å². The minimum Gasteiger partial charge on any atom is -0.280 e. The molecule has 0 atom stereocenters. The first-order chi connectivity index (χ1) is 9.79. The summed E-state index contributed by atoms with van der Waals surface area (Å²) in [5.41, 5.74) is -0.0242. The first-order valence-corrected chi connectivity index (χ1v) is 7.38. The Balaban J connectivity index is 2.28. The molecule has 2 aromatic rings. The van der Waals surface area contributed by atoms with Crippen molar-refractivity contribution >= 4 is 33.0 Å². The van der Waals surface area contributed by atoms with Gasteiger partial charge in [-0.25, -0.2) is 12.8 Å². The van der Waals surface area contributed by atoms with Crippen LogP contribution in [0.5, 0.6) is 0 Å². The molecule has 0 bridgehead atoms. The van der Waals surface area contributed by atoms with Gasteiger partial charge in [0.05, 0.1) is 14.8 Å². The van der Waals surface area contributed by atoms with Gasteiger partial charge in [-0.15, -0.1) is 0 Å². The summed E-state index contributed by atoms with van der Waals surface area (Å²) in [5, 5.41) is 10.2. The molecule has 2 aromatic carbocycles. The molecule has 0 saturated heterocycles. The molecule has 0 fully saturated rings. The summed E-state index contributed by atoms with van der Waals surface area (Å²) in [5.74, 6) is -0.731. The smallest absolute Gasteiger partial charge is 0.269 e. The normalized spacial score (nSPS) is 11.1. The average Bonchev–Trinajstić information content (AvgIpc) is 2.42. The molecule has 6 nitrogen and oxygen atoms in total. The van der Waals surface area contributed by atoms with Crippen LogP contribution in [-0.2, 0) is 10.0 Å². The van der Waals surface area contributed by atoms with Gasteiger partial charge in [0.25, 0.3) is 15.7 Å². The molecule has 0 aliphatic rings. The third-order valence-electron chi connectivity index (χ3n) is 2.53. The lowest BCUT2D eigenvalue weighted by Crippen LogP contribution is -2.13. The summed E-state index contributed by atoms with van der Waals surface area (Å²) in [6, 6.07) is 7.80. The Bertz CT molecular complexity index is 793. The van der Waals surface area contributed by atoms with E-state index in [-0.39, 0.29) is 21.3 Å². The molecule has 1 N–H and O–H groups in total. The molecule has 9 heteroatoms. The maximum absolute atomic E-state index is 13.0. The summed E-state index contributed by atoms with van der Waals surface area (Å²) in [6.07, 6.45) is 0. The Morgan fingerprint density at radius 3 is 2.29 bits per heavy atom. The number of non-ortho nitro benzene ring substituents is 1. The van der Waals surface area contributed by atoms with Crippen LogP contribution in [0.1, 0.15) is 0 Å². The minimum atomic E-state index is -3.96. The number of rotatable bonds is 4. The van der Waals surface area contributed by atoms with E-state index in [0.29, 0.717) is 0 Å². The van der Waals surface area contributed by atoms with E-state index < -0.39 is 20.8 Å². The van der Waals surface area contributed by atoms with Crippen molar-refractivity contribution in [3.63, 3.8) is 0 Å². The van der Waals surface area contributed by atoms with Crippen LogP contribution < -0.4 is 4.72 Å². The number of anilines is 1. The van der Waals surface area contributed by atoms with E-state index in [1.54, 1.807) is 0 Å². The Morgan fingerprint density at radius 2 is 1.76 bits per heavy atom. The van der Waals surface area contributed by atoms with Gasteiger partial charge in [-0.05, 0) is 30.3 Å². The van der Waals surface area contributed by atoms with Crippen LogP contribution in [-0.4, -0.2) is 13.3 Å². The van der Waals surface area contributed by atoms with Gasteiger partial charge in [0, 0.05) is 17.8 Å². The molecule has 0 aliphatic carbocycles. The van der Waals surface area contributed by atoms with Gasteiger partial charge >= 0.3 is 0 Å². The minimum absolute atomic E-state index is 0.140. The van der Waals surface area contributed by atoms with Gasteiger partial charge < -0.3 is 0 Å². The van der Waals surface area contributed by atoms with Crippen molar-refractivity contribution in [2.45, 2.75) is 4.90 Å². The third-order valence-corrected chi connectivity index (χ3v) is 4.20. The second kappa shape index (κ2) is 5.66. The summed E-state index contributed by atoms with van der Waals surface area (Å²) in [7, 11) is -3.96. The van der Waals surface area contributed by atoms with Gasteiger partial charge in [-0.2, -0.15) is 0 Å². The summed E-state index contributed by atoms with van der Waals surface area (Å²) in [6.45, 7) is 0. The number of sulfonamides is 1. The Kier molecular flexibility index (Phi) is 4.10. The average molecular weight is 331 g/mol. The van der Waals surface area contributed by atoms with Crippen molar-refractivity contribution in [2.24, 2.45) is 0 Å². The van der Waals surface area contributed by atoms with E-state index in [9.17, 15) is 22.9 Å². The number of hydrogen-bond acceptors (Lipinski definition) is 4. The van der Waals surface area contributed by atoms with Crippen LogP contribution in [0.3, 0.4) is 0 Å². The zero-order valence-corrected chi connectivity index (χ0v) is 11.9. The molecule has 0 radical (unpaired) electrons. The Hall–Kier alpha value is -2.19. The predicted molar refractivity (Wildman–Crippen MR) is 75.3 cm³/mol. The zero-order valence-electron chi connectivity index (χ0n) is 10.3. The SMILES string of the molecule is O=[N+]([O-])c1ccc(NS(=O)(=O)c2ccc(F)c(Cl)c2)cc1. The van der Waals surface area contributed by atoms with Crippen LogP contribution in [0.25, 0.3) is 0 Å². The van der Waals surface area contributed by atoms with Gasteiger partial charge in [0.15, 0.2) is 0 Å². The third kappa shape index (κ3) is 3.47. The molecule has 2 rings (SSSR count). The molecule has 21 heavy (non-hydrogen) atoms. The largest absolute Gasteiger partial charge is 0.280 e. The van der Waals surface area contributed by atoms with Crippen molar-refractivity contribution < 1.29 is 17.7 Å². The summed E-state index contributed by atoms with van der Waals surface area (Å²) in [4.78, 5) is 9.69. The molecule has 0 heterocycles. The molecular weight excluding hydrogens is 323 g/mol. The Morgan fingerprint density at radius 1 is 1.14 bits per heavy atom. The summed E-state index contributed by atoms with van der Waals surface area (Å²) < 4.78 is 39.4. The molecule has 0 spiro atoms. The van der Waals surface area contributed by atoms with Gasteiger partial charge in [-0.3, -0.25) is 14.8 Å². The molecule has 0 saturated carbocycles. The van der Waals surface area contributed by atoms with E-state index in [1.165, 1.54) is 12.1 Å². The van der Waals surface area contributed by atoms with Crippen molar-refractivity contribution in [3.8, 4) is 0 Å². The van der Waals surface area contributed by atoms with Gasteiger partial charge in [-0.1, -0.05) is 11.6 Å². The maximum atomic E-state index is 13.0. The molecule has 0 aromatic heterocycles. The molecule has 0 aliphatic heterocycles. The van der Waals surface area contributed by atoms with E-state index in [2.05, 4.69) is 4.72 Å². The van der Waals surface area contributed by atoms with Crippen LogP contribution >= 0.6 is 11.6 Å². The quantitative estimate of drug-likeness (QED) is 0.688. The highest BCUT2D eigenvalue weighted by molar-refractivity contribution is 7.92. The van der Waals surface area contributed by atoms with E-state index in [1.807, 2.05) is 0 Å². The van der Waals surface area contributed by atoms with E-state index in [4.69, 9.17) is 11.6 Å². The lowest BCUT2D eigenvalue weighted by Gasteiger charge is -2.08. The van der Waals surface area contributed by atoms with Gasteiger partial charge in [0.1, 0.15) is 5.82 Å². The summed E-state index contributed by atoms with van der Waals surface area (Å²) >= 11 is 5.54. The number of nitrogens with one attached hydrogen (secondary N) is 1. The second-order valence-corrected chi connectivity index (χ2v) is 6.08. The number of halogens is 2. The molecule has 0 unspecified atom stereocenters. The maximum Gasteiger partial charge on any atom is 0.269 e. The number of nitro benzene ring substituents is 1. The fraction of sp³-hybridized carbons (Fsp3) is 0. The number of nitro groups is 1. The van der Waals surface area contributed by atoms with Gasteiger partial charge in [0.2, 0.25) is 0 Å². The van der Waals surface area contributed by atoms with Crippen LogP contribution in [0, 0.1) is 15.9 Å². The predicted octanol–water partition coefficient (Wildman–Crippen LogP) is 3.19. The highest BCUT2D eigenvalue weighted by Crippen LogP contribution is 2.22. The lowest BCUT2D eigenvalue weighted by molar-refractivity contribution is -0.384. The van der Waals surface area contributed by atoms with Crippen molar-refractivity contribution in [2.75, 3.05) is 4.72 Å². The Labute approximate surface area is 124 Å². The number of benzene rings is 2. The first-order valence-electron chi connectivity index (χ1n) is 5.52. The monoisotopic (exact) mass is 330 g/mol. The number of nitrogens with zero attached hydrogens (tertiary/aromatic N) is 1. The highest BCUT2D eigenvalue weighted by atomic mass is 35.5. The van der Waals surface area contributed by atoms with Crippen LogP contribution in [0.4, 0.5) is 15.8 Å². The molecule has 110 valence electrons. The van der Waals surface area contributed by atoms with Crippen LogP contribution in [0.2, 0.25) is 5.02 Å². The first kappa shape index (κ1) is 15.2. The standard InChI is InChI=1S/C12H8ClFN2O4S/c13-11-7-10(5-6-12(11)14)21(19,20)15-8-1-3-9(4-2-8)16(17)18/h1-7,15H. The highest BCUT2D eigenvalue weighted by Gasteiger charge is 2.16. The van der Waals surface area contributed by atoms with E-state index in [0.717, 1.165) is 30.3 Å². The van der Waals surface area contributed by atoms with Crippen molar-refractivity contribution in [3.05, 3.63) is 63.4 Å². The fourth-order valence-corrected chi connectivity index (χ4v) is 2.84. The van der Waals surface area contributed by atoms with E-state index >= 15 is 0 Å². The topological polar surface area (TPSA) is 89.3 Å².